The molecule has 0 aromatic heterocycles. The average molecular weight is 264 g/mol. The van der Waals surface area contributed by atoms with E-state index in [1.54, 1.807) is 0 Å². The van der Waals surface area contributed by atoms with Crippen LogP contribution in [0.1, 0.15) is 0 Å². The van der Waals surface area contributed by atoms with Crippen molar-refractivity contribution in [1.82, 2.24) is 0 Å². The molecule has 4 heteroatoms. The Balaban J connectivity index is 0. The second-order valence-electron chi connectivity index (χ2n) is 0. The molecule has 0 heterocycles. The van der Waals surface area contributed by atoms with Crippen LogP contribution in [-0.2, 0) is 17.1 Å². The van der Waals surface area contributed by atoms with E-state index in [1.807, 2.05) is 0 Å². The molecule has 0 aliphatic carbocycles. The van der Waals surface area contributed by atoms with E-state index in [-0.39, 0.29) is 93.5 Å². The second-order valence-corrected chi connectivity index (χ2v) is 0. The monoisotopic (exact) mass is 263 g/mol. The van der Waals surface area contributed by atoms with Gasteiger partial charge in [0.15, 0.2) is 34.7 Å². The molecule has 1 radical (unpaired) electrons. The van der Waals surface area contributed by atoms with Gasteiger partial charge in [-0.2, -0.15) is 0 Å². The van der Waals surface area contributed by atoms with Crippen LogP contribution in [0, 0.1) is 41.7 Å². The molecule has 0 saturated heterocycles. The van der Waals surface area contributed by atoms with Crippen LogP contribution in [-0.4, -0.2) is 34.7 Å². The van der Waals surface area contributed by atoms with Crippen LogP contribution in [0.2, 0.25) is 0 Å². The van der Waals surface area contributed by atoms with E-state index >= 15 is 0 Å². The van der Waals surface area contributed by atoms with Crippen molar-refractivity contribution in [3.8, 4) is 0 Å². The molecule has 0 spiro atoms. The van der Waals surface area contributed by atoms with Crippen molar-refractivity contribution >= 4 is 34.7 Å². The summed E-state index contributed by atoms with van der Waals surface area (Å²) in [6, 6.07) is 0. The van der Waals surface area contributed by atoms with E-state index in [0.29, 0.717) is 0 Å². The van der Waals surface area contributed by atoms with E-state index in [4.69, 9.17) is 0 Å². The fraction of sp³-hybridized carbons (Fsp3) is 0. The zero-order valence-corrected chi connectivity index (χ0v) is 4.88. The third-order valence-corrected chi connectivity index (χ3v) is 0. The molecule has 0 unspecified atom stereocenters. The van der Waals surface area contributed by atoms with Crippen molar-refractivity contribution < 1.29 is 58.8 Å². The Morgan fingerprint density at radius 2 is 0.750 bits per heavy atom. The fourth-order valence-corrected chi connectivity index (χ4v) is 0. The molecule has 0 N–H and O–H groups in total. The van der Waals surface area contributed by atoms with Crippen molar-refractivity contribution in [2.24, 2.45) is 0 Å². The van der Waals surface area contributed by atoms with Gasteiger partial charge in [-0.05, 0) is 0 Å². The molecular formula is H6Al2CeCu. The molecule has 0 bridgehead atoms. The van der Waals surface area contributed by atoms with Gasteiger partial charge >= 0.3 is 0 Å². The van der Waals surface area contributed by atoms with Gasteiger partial charge < -0.3 is 0 Å². The summed E-state index contributed by atoms with van der Waals surface area (Å²) in [5, 5.41) is 0. The van der Waals surface area contributed by atoms with Gasteiger partial charge in [0.1, 0.15) is 0 Å². The molecule has 27 valence electrons. The molecular weight excluding hydrogens is 258 g/mol. The van der Waals surface area contributed by atoms with Gasteiger partial charge in [0.25, 0.3) is 0 Å². The summed E-state index contributed by atoms with van der Waals surface area (Å²) < 4.78 is 0. The van der Waals surface area contributed by atoms with Crippen LogP contribution < -0.4 is 0 Å². The Bertz CT molecular complexity index is 6.00. The first kappa shape index (κ1) is 28.2. The second kappa shape index (κ2) is 16.7. The van der Waals surface area contributed by atoms with Gasteiger partial charge in [-0.1, -0.05) is 0 Å². The largest absolute Gasteiger partial charge is 0.187 e. The standard InChI is InChI=1S/2Al.Ce.Cu.6H. The molecule has 0 fully saturated rings. The SMILES string of the molecule is [AlH3].[AlH3].[Ce].[Cu]. The maximum Gasteiger partial charge on any atom is 0.187 e. The fourth-order valence-electron chi connectivity index (χ4n) is 0. The van der Waals surface area contributed by atoms with Crippen LogP contribution in [0.25, 0.3) is 0 Å². The first-order valence-electron chi connectivity index (χ1n) is 0. The predicted octanol–water partition coefficient (Wildman–Crippen LogP) is -2.37. The third kappa shape index (κ3) is 8.88. The van der Waals surface area contributed by atoms with Crippen LogP contribution in [0.4, 0.5) is 0 Å². The minimum Gasteiger partial charge on any atom is 0 e. The van der Waals surface area contributed by atoms with Crippen molar-refractivity contribution in [2.45, 2.75) is 0 Å². The minimum atomic E-state index is 0. The number of hydrogen-bond acceptors (Lipinski definition) is 0. The summed E-state index contributed by atoms with van der Waals surface area (Å²) in [6.07, 6.45) is 0. The van der Waals surface area contributed by atoms with Crippen molar-refractivity contribution in [3.05, 3.63) is 0 Å². The van der Waals surface area contributed by atoms with Crippen LogP contribution in [0.3, 0.4) is 0 Å². The first-order chi connectivity index (χ1) is 0. The van der Waals surface area contributed by atoms with Crippen molar-refractivity contribution in [1.29, 1.82) is 0 Å². The third-order valence-electron chi connectivity index (χ3n) is 0. The summed E-state index contributed by atoms with van der Waals surface area (Å²) in [4.78, 5) is 0. The van der Waals surface area contributed by atoms with E-state index in [2.05, 4.69) is 0 Å². The van der Waals surface area contributed by atoms with Gasteiger partial charge in [-0.25, -0.2) is 0 Å². The number of hydrogen-bond donors (Lipinski definition) is 0. The summed E-state index contributed by atoms with van der Waals surface area (Å²) in [7, 11) is 0. The van der Waals surface area contributed by atoms with Crippen molar-refractivity contribution in [3.63, 3.8) is 0 Å². The normalized spacial score (nSPS) is 0. The Morgan fingerprint density at radius 3 is 0.750 bits per heavy atom. The summed E-state index contributed by atoms with van der Waals surface area (Å²) in [6.45, 7) is 0. The molecule has 0 atom stereocenters. The van der Waals surface area contributed by atoms with Crippen LogP contribution in [0.5, 0.6) is 0 Å². The molecule has 0 aliphatic rings. The molecule has 0 aromatic carbocycles. The Hall–Kier alpha value is 2.96. The topological polar surface area (TPSA) is 0 Å². The zero-order valence-electron chi connectivity index (χ0n) is 0.802. The molecule has 0 nitrogen and oxygen atoms in total. The van der Waals surface area contributed by atoms with Gasteiger partial charge in [0.05, 0.1) is 0 Å². The van der Waals surface area contributed by atoms with Gasteiger partial charge in [0, 0.05) is 58.8 Å². The summed E-state index contributed by atoms with van der Waals surface area (Å²) in [5.41, 5.74) is 0. The van der Waals surface area contributed by atoms with E-state index in [0.717, 1.165) is 0 Å². The Kier molecular flexibility index (Phi) is 118. The van der Waals surface area contributed by atoms with Gasteiger partial charge in [-0.15, -0.1) is 0 Å². The minimum absolute atomic E-state index is 0. The molecule has 0 aliphatic heterocycles. The maximum atomic E-state index is 0. The van der Waals surface area contributed by atoms with Gasteiger partial charge in [-0.3, -0.25) is 0 Å². The quantitative estimate of drug-likeness (QED) is 0.429. The first-order valence-corrected chi connectivity index (χ1v) is 0. The maximum absolute atomic E-state index is 0. The Morgan fingerprint density at radius 1 is 0.750 bits per heavy atom. The summed E-state index contributed by atoms with van der Waals surface area (Å²) in [5.74, 6) is 0. The molecule has 0 amide bonds. The average Bonchev–Trinajstić information content (AvgIpc) is 0. The zero-order chi connectivity index (χ0) is 0. The van der Waals surface area contributed by atoms with Crippen LogP contribution >= 0.6 is 0 Å². The van der Waals surface area contributed by atoms with E-state index < -0.39 is 0 Å². The van der Waals surface area contributed by atoms with Crippen molar-refractivity contribution in [2.75, 3.05) is 0 Å². The van der Waals surface area contributed by atoms with E-state index in [9.17, 15) is 0 Å². The molecule has 4 heavy (non-hydrogen) atoms. The number of rotatable bonds is 0. The predicted molar refractivity (Wildman–Crippen MR) is 19.9 cm³/mol. The summed E-state index contributed by atoms with van der Waals surface area (Å²) >= 11 is 0. The smallest absolute Gasteiger partial charge is 0 e. The van der Waals surface area contributed by atoms with Crippen LogP contribution in [0.15, 0.2) is 0 Å². The molecule has 0 aromatic rings. The Labute approximate surface area is 91.6 Å². The molecule has 0 saturated carbocycles. The van der Waals surface area contributed by atoms with E-state index in [1.165, 1.54) is 0 Å². The van der Waals surface area contributed by atoms with Gasteiger partial charge in [0.2, 0.25) is 0 Å². The molecule has 0 rings (SSSR count).